The molecule has 1 heterocycles. The van der Waals surface area contributed by atoms with Crippen LogP contribution in [-0.2, 0) is 9.59 Å². The summed E-state index contributed by atoms with van der Waals surface area (Å²) in [5.74, 6) is -0.794. The number of fused-ring (bicyclic) bond motifs is 1. The Bertz CT molecular complexity index is 1340. The van der Waals surface area contributed by atoms with Crippen LogP contribution in [0.5, 0.6) is 0 Å². The number of carbonyl (C=O) groups is 3. The van der Waals surface area contributed by atoms with Gasteiger partial charge in [-0.15, -0.1) is 0 Å². The van der Waals surface area contributed by atoms with Crippen molar-refractivity contribution >= 4 is 46.8 Å². The second kappa shape index (κ2) is 11.6. The highest BCUT2D eigenvalue weighted by atomic mass is 32.1. The molecule has 0 aliphatic carbocycles. The number of carbonyl (C=O) groups excluding carboxylic acids is 3. The minimum Gasteiger partial charge on any atom is -0.350 e. The van der Waals surface area contributed by atoms with Crippen molar-refractivity contribution < 1.29 is 14.4 Å². The summed E-state index contributed by atoms with van der Waals surface area (Å²) in [4.78, 5) is 41.5. The maximum absolute atomic E-state index is 14.0. The van der Waals surface area contributed by atoms with Gasteiger partial charge >= 0.3 is 6.03 Å². The van der Waals surface area contributed by atoms with Gasteiger partial charge in [0.2, 0.25) is 11.8 Å². The van der Waals surface area contributed by atoms with E-state index in [1.165, 1.54) is 10.3 Å². The number of urea groups is 1. The minimum atomic E-state index is -0.872. The predicted molar refractivity (Wildman–Crippen MR) is 155 cm³/mol. The third-order valence-corrected chi connectivity index (χ3v) is 6.51. The van der Waals surface area contributed by atoms with E-state index in [2.05, 4.69) is 16.0 Å². The van der Waals surface area contributed by atoms with Crippen LogP contribution in [0.4, 0.5) is 16.2 Å². The van der Waals surface area contributed by atoms with Gasteiger partial charge in [0.05, 0.1) is 0 Å². The van der Waals surface area contributed by atoms with Gasteiger partial charge in [0.25, 0.3) is 0 Å². The maximum atomic E-state index is 14.0. The Balaban J connectivity index is 1.68. The van der Waals surface area contributed by atoms with Crippen LogP contribution in [0.15, 0.2) is 78.9 Å². The number of anilines is 2. The summed E-state index contributed by atoms with van der Waals surface area (Å²) in [6, 6.07) is 23.3. The number of benzene rings is 3. The molecule has 2 atom stereocenters. The van der Waals surface area contributed by atoms with Crippen LogP contribution in [-0.4, -0.2) is 41.3 Å². The van der Waals surface area contributed by atoms with Crippen LogP contribution in [0.1, 0.15) is 49.8 Å². The number of thiocarbonyl (C=S) groups is 1. The standard InChI is InChI=1S/C30H32N4O3S/c1-30(2,3)33-27(35)18-34-26-15-8-7-14-23(26)24(21-11-5-4-6-12-21)17-25(28(34)36)32-29(37)31-22-13-9-10-20(16-22)19-38/h4-16,19,24-25H,17-18H2,1-3H3,(H,33,35)(H2,31,32,37). The first-order chi connectivity index (χ1) is 18.1. The number of hydrogen-bond acceptors (Lipinski definition) is 4. The van der Waals surface area contributed by atoms with Crippen LogP contribution in [0.25, 0.3) is 0 Å². The van der Waals surface area contributed by atoms with Gasteiger partial charge in [-0.25, -0.2) is 4.79 Å². The average Bonchev–Trinajstić information content (AvgIpc) is 2.99. The number of nitrogens with zero attached hydrogens (tertiary/aromatic N) is 1. The van der Waals surface area contributed by atoms with Gasteiger partial charge in [0.1, 0.15) is 12.6 Å². The third kappa shape index (κ3) is 6.63. The fourth-order valence-corrected chi connectivity index (χ4v) is 4.85. The normalized spacial score (nSPS) is 17.1. The van der Waals surface area contributed by atoms with Gasteiger partial charge in [0, 0.05) is 28.2 Å². The monoisotopic (exact) mass is 528 g/mol. The van der Waals surface area contributed by atoms with Crippen LogP contribution >= 0.6 is 12.2 Å². The van der Waals surface area contributed by atoms with E-state index in [0.717, 1.165) is 16.7 Å². The Morgan fingerprint density at radius 1 is 1.00 bits per heavy atom. The first-order valence-electron chi connectivity index (χ1n) is 12.5. The zero-order chi connectivity index (χ0) is 27.3. The van der Waals surface area contributed by atoms with Gasteiger partial charge < -0.3 is 20.9 Å². The molecule has 2 unspecified atom stereocenters. The lowest BCUT2D eigenvalue weighted by Crippen LogP contribution is -2.53. The number of para-hydroxylation sites is 1. The van der Waals surface area contributed by atoms with Crippen molar-refractivity contribution in [1.82, 2.24) is 10.6 Å². The van der Waals surface area contributed by atoms with Crippen LogP contribution < -0.4 is 20.9 Å². The van der Waals surface area contributed by atoms with Crippen molar-refractivity contribution in [2.45, 2.75) is 44.7 Å². The number of amides is 4. The quantitative estimate of drug-likeness (QED) is 0.393. The minimum absolute atomic E-state index is 0.162. The topological polar surface area (TPSA) is 90.5 Å². The summed E-state index contributed by atoms with van der Waals surface area (Å²) < 4.78 is 0. The van der Waals surface area contributed by atoms with Crippen LogP contribution in [0, 0.1) is 0 Å². The van der Waals surface area contributed by atoms with Crippen molar-refractivity contribution in [3.63, 3.8) is 0 Å². The summed E-state index contributed by atoms with van der Waals surface area (Å²) in [5.41, 5.74) is 3.51. The van der Waals surface area contributed by atoms with E-state index >= 15 is 0 Å². The average molecular weight is 529 g/mol. The summed E-state index contributed by atoms with van der Waals surface area (Å²) in [7, 11) is 0. The van der Waals surface area contributed by atoms with Crippen molar-refractivity contribution in [2.75, 3.05) is 16.8 Å². The number of hydrogen-bond donors (Lipinski definition) is 3. The van der Waals surface area contributed by atoms with Crippen molar-refractivity contribution in [3.8, 4) is 0 Å². The molecule has 196 valence electrons. The molecule has 0 saturated heterocycles. The molecule has 7 nitrogen and oxygen atoms in total. The van der Waals surface area contributed by atoms with Gasteiger partial charge in [-0.3, -0.25) is 9.59 Å². The van der Waals surface area contributed by atoms with E-state index in [1.54, 1.807) is 18.2 Å². The van der Waals surface area contributed by atoms with E-state index < -0.39 is 17.6 Å². The van der Waals surface area contributed by atoms with E-state index in [-0.39, 0.29) is 24.3 Å². The van der Waals surface area contributed by atoms with Gasteiger partial charge in [-0.1, -0.05) is 72.9 Å². The zero-order valence-electron chi connectivity index (χ0n) is 21.7. The molecule has 1 aliphatic rings. The predicted octanol–water partition coefficient (Wildman–Crippen LogP) is 5.01. The molecule has 38 heavy (non-hydrogen) atoms. The van der Waals surface area contributed by atoms with E-state index in [1.807, 2.05) is 81.4 Å². The first kappa shape index (κ1) is 27.0. The van der Waals surface area contributed by atoms with Gasteiger partial charge in [-0.2, -0.15) is 0 Å². The highest BCUT2D eigenvalue weighted by molar-refractivity contribution is 7.79. The molecule has 0 aromatic heterocycles. The molecule has 4 rings (SSSR count). The van der Waals surface area contributed by atoms with E-state index in [9.17, 15) is 14.4 Å². The van der Waals surface area contributed by atoms with Crippen molar-refractivity contribution in [1.29, 1.82) is 0 Å². The first-order valence-corrected chi connectivity index (χ1v) is 13.0. The van der Waals surface area contributed by atoms with Gasteiger partial charge in [0.15, 0.2) is 0 Å². The zero-order valence-corrected chi connectivity index (χ0v) is 22.5. The lowest BCUT2D eigenvalue weighted by Gasteiger charge is -2.28. The highest BCUT2D eigenvalue weighted by Crippen LogP contribution is 2.39. The van der Waals surface area contributed by atoms with Crippen molar-refractivity contribution in [2.24, 2.45) is 0 Å². The lowest BCUT2D eigenvalue weighted by molar-refractivity contribution is -0.125. The highest BCUT2D eigenvalue weighted by Gasteiger charge is 2.37. The molecule has 3 aromatic rings. The second-order valence-corrected chi connectivity index (χ2v) is 10.6. The van der Waals surface area contributed by atoms with Crippen LogP contribution in [0.2, 0.25) is 0 Å². The van der Waals surface area contributed by atoms with E-state index in [0.29, 0.717) is 17.8 Å². The Kier molecular flexibility index (Phi) is 8.22. The molecule has 3 aromatic carbocycles. The Morgan fingerprint density at radius 3 is 2.42 bits per heavy atom. The summed E-state index contributed by atoms with van der Waals surface area (Å²) in [6.07, 6.45) is 0.338. The lowest BCUT2D eigenvalue weighted by atomic mass is 9.86. The number of nitrogens with one attached hydrogen (secondary N) is 3. The molecule has 0 saturated carbocycles. The fraction of sp³-hybridized carbons (Fsp3) is 0.267. The summed E-state index contributed by atoms with van der Waals surface area (Å²) >= 11 is 4.99. The molecule has 0 spiro atoms. The largest absolute Gasteiger partial charge is 0.350 e. The van der Waals surface area contributed by atoms with E-state index in [4.69, 9.17) is 12.2 Å². The molecule has 0 bridgehead atoms. The van der Waals surface area contributed by atoms with Crippen LogP contribution in [0.3, 0.4) is 0 Å². The molecule has 3 N–H and O–H groups in total. The molecule has 0 radical (unpaired) electrons. The molecule has 4 amide bonds. The smallest absolute Gasteiger partial charge is 0.319 e. The van der Waals surface area contributed by atoms with Crippen molar-refractivity contribution in [3.05, 3.63) is 95.6 Å². The number of rotatable bonds is 6. The Labute approximate surface area is 228 Å². The maximum Gasteiger partial charge on any atom is 0.319 e. The second-order valence-electron chi connectivity index (χ2n) is 10.4. The Hall–Kier alpha value is -4.04. The molecule has 8 heteroatoms. The fourth-order valence-electron chi connectivity index (χ4n) is 4.70. The molecule has 1 aliphatic heterocycles. The Morgan fingerprint density at radius 2 is 1.71 bits per heavy atom. The SMILES string of the molecule is CC(C)(C)NC(=O)CN1C(=O)C(NC(=O)Nc2cccc(C=S)c2)CC(c2ccccc2)c2ccccc21. The third-order valence-electron chi connectivity index (χ3n) is 6.24. The molecular formula is C30H32N4O3S. The molecule has 0 fully saturated rings. The molecular weight excluding hydrogens is 496 g/mol. The van der Waals surface area contributed by atoms with Gasteiger partial charge in [-0.05, 0) is 62.1 Å². The summed E-state index contributed by atoms with van der Waals surface area (Å²) in [5, 5.41) is 10.1. The summed E-state index contributed by atoms with van der Waals surface area (Å²) in [6.45, 7) is 5.51.